The average molecular weight is 295 g/mol. The largest absolute Gasteiger partial charge is 0.395 e. The van der Waals surface area contributed by atoms with E-state index in [2.05, 4.69) is 0 Å². The molecule has 0 heterocycles. The lowest BCUT2D eigenvalue weighted by Crippen LogP contribution is -2.57. The summed E-state index contributed by atoms with van der Waals surface area (Å²) in [4.78, 5) is 0. The second kappa shape index (κ2) is 10.1. The average Bonchev–Trinajstić information content (AvgIpc) is 2.52. The topological polar surface area (TPSA) is 141 Å². The Morgan fingerprint density at radius 1 is 0.762 bits per heavy atom. The second-order valence-electron chi connectivity index (χ2n) is 4.82. The van der Waals surface area contributed by atoms with E-state index >= 15 is 0 Å². The Kier molecular flexibility index (Phi) is 9.28. The van der Waals surface area contributed by atoms with E-state index in [4.69, 9.17) is 20.5 Å². The molecule has 21 heavy (non-hydrogen) atoms. The molecule has 0 aliphatic heterocycles. The van der Waals surface area contributed by atoms with Crippen molar-refractivity contribution in [1.82, 2.24) is 0 Å². The van der Waals surface area contributed by atoms with Gasteiger partial charge in [-0.3, -0.25) is 0 Å². The van der Waals surface area contributed by atoms with Gasteiger partial charge in [-0.25, -0.2) is 0 Å². The molecule has 0 saturated carbocycles. The van der Waals surface area contributed by atoms with Gasteiger partial charge < -0.3 is 20.1 Å². The molecule has 7 nitrogen and oxygen atoms in total. The van der Waals surface area contributed by atoms with Crippen molar-refractivity contribution in [3.8, 4) is 18.2 Å². The van der Waals surface area contributed by atoms with Gasteiger partial charge in [-0.2, -0.15) is 15.8 Å². The highest BCUT2D eigenvalue weighted by Gasteiger charge is 2.51. The van der Waals surface area contributed by atoms with Crippen molar-refractivity contribution >= 4 is 0 Å². The number of nitriles is 3. The lowest BCUT2D eigenvalue weighted by Gasteiger charge is -2.47. The SMILES string of the molecule is N#CCCOC(CCC#N)(CCC#N)C(CO)(CO)CO. The fourth-order valence-corrected chi connectivity index (χ4v) is 2.34. The highest BCUT2D eigenvalue weighted by Crippen LogP contribution is 2.41. The van der Waals surface area contributed by atoms with E-state index in [1.807, 2.05) is 18.2 Å². The number of hydrogen-bond donors (Lipinski definition) is 3. The molecule has 0 aromatic heterocycles. The minimum absolute atomic E-state index is 0.0368. The molecule has 0 aliphatic carbocycles. The van der Waals surface area contributed by atoms with Gasteiger partial charge in [-0.15, -0.1) is 0 Å². The van der Waals surface area contributed by atoms with Crippen molar-refractivity contribution in [2.75, 3.05) is 26.4 Å². The first-order valence-electron chi connectivity index (χ1n) is 6.69. The normalized spacial score (nSPS) is 11.4. The van der Waals surface area contributed by atoms with E-state index in [9.17, 15) is 15.3 Å². The van der Waals surface area contributed by atoms with Gasteiger partial charge in [-0.05, 0) is 12.8 Å². The Morgan fingerprint density at radius 3 is 1.52 bits per heavy atom. The monoisotopic (exact) mass is 295 g/mol. The van der Waals surface area contributed by atoms with Crippen molar-refractivity contribution in [1.29, 1.82) is 15.8 Å². The first kappa shape index (κ1) is 19.3. The molecule has 3 N–H and O–H groups in total. The fourth-order valence-electron chi connectivity index (χ4n) is 2.34. The van der Waals surface area contributed by atoms with Crippen LogP contribution in [0.5, 0.6) is 0 Å². The summed E-state index contributed by atoms with van der Waals surface area (Å²) < 4.78 is 5.71. The summed E-state index contributed by atoms with van der Waals surface area (Å²) in [6, 6.07) is 5.84. The Morgan fingerprint density at radius 2 is 1.19 bits per heavy atom. The van der Waals surface area contributed by atoms with Crippen LogP contribution in [0.25, 0.3) is 0 Å². The Hall–Kier alpha value is -1.69. The fraction of sp³-hybridized carbons (Fsp3) is 0.786. The Labute approximate surface area is 124 Å². The molecule has 0 rings (SSSR count). The van der Waals surface area contributed by atoms with Crippen LogP contribution in [0, 0.1) is 39.4 Å². The minimum Gasteiger partial charge on any atom is -0.395 e. The van der Waals surface area contributed by atoms with Crippen molar-refractivity contribution in [3.05, 3.63) is 0 Å². The van der Waals surface area contributed by atoms with Crippen molar-refractivity contribution < 1.29 is 20.1 Å². The zero-order valence-corrected chi connectivity index (χ0v) is 12.0. The molecule has 0 unspecified atom stereocenters. The summed E-state index contributed by atoms with van der Waals surface area (Å²) >= 11 is 0. The molecule has 7 heteroatoms. The summed E-state index contributed by atoms with van der Waals surface area (Å²) in [5.74, 6) is 0. The molecule has 0 aromatic rings. The zero-order valence-electron chi connectivity index (χ0n) is 12.0. The van der Waals surface area contributed by atoms with Gasteiger partial charge in [0.2, 0.25) is 0 Å². The van der Waals surface area contributed by atoms with Gasteiger partial charge in [0.25, 0.3) is 0 Å². The van der Waals surface area contributed by atoms with E-state index in [0.717, 1.165) is 0 Å². The molecule has 116 valence electrons. The predicted octanol–water partition coefficient (Wildman–Crippen LogP) is 0.226. The lowest BCUT2D eigenvalue weighted by atomic mass is 9.68. The first-order chi connectivity index (χ1) is 10.1. The van der Waals surface area contributed by atoms with Gasteiger partial charge >= 0.3 is 0 Å². The second-order valence-corrected chi connectivity index (χ2v) is 4.82. The van der Waals surface area contributed by atoms with E-state index in [1.165, 1.54) is 0 Å². The molecule has 0 bridgehead atoms. The van der Waals surface area contributed by atoms with Gasteiger partial charge in [0, 0.05) is 12.8 Å². The number of aliphatic hydroxyl groups excluding tert-OH is 3. The summed E-state index contributed by atoms with van der Waals surface area (Å²) in [5.41, 5.74) is -2.61. The van der Waals surface area contributed by atoms with E-state index < -0.39 is 30.8 Å². The Balaban J connectivity index is 5.55. The van der Waals surface area contributed by atoms with Gasteiger partial charge in [0.15, 0.2) is 0 Å². The Bertz CT molecular complexity index is 389. The van der Waals surface area contributed by atoms with Crippen molar-refractivity contribution in [2.24, 2.45) is 5.41 Å². The summed E-state index contributed by atoms with van der Waals surface area (Å²) in [5, 5.41) is 55.1. The first-order valence-corrected chi connectivity index (χ1v) is 6.69. The maximum atomic E-state index is 9.64. The van der Waals surface area contributed by atoms with E-state index in [0.29, 0.717) is 0 Å². The van der Waals surface area contributed by atoms with E-state index in [-0.39, 0.29) is 38.7 Å². The molecule has 0 atom stereocenters. The molecule has 0 amide bonds. The van der Waals surface area contributed by atoms with Crippen LogP contribution in [0.3, 0.4) is 0 Å². The smallest absolute Gasteiger partial charge is 0.0824 e. The van der Waals surface area contributed by atoms with Crippen LogP contribution in [0.4, 0.5) is 0 Å². The number of ether oxygens (including phenoxy) is 1. The number of hydrogen-bond acceptors (Lipinski definition) is 7. The predicted molar refractivity (Wildman–Crippen MR) is 72.3 cm³/mol. The van der Waals surface area contributed by atoms with Gasteiger partial charge in [0.1, 0.15) is 0 Å². The third-order valence-electron chi connectivity index (χ3n) is 3.75. The molecule has 0 spiro atoms. The summed E-state index contributed by atoms with van der Waals surface area (Å²) in [7, 11) is 0. The number of nitrogens with zero attached hydrogens (tertiary/aromatic N) is 3. The summed E-state index contributed by atoms with van der Waals surface area (Å²) in [6.07, 6.45) is 0.565. The lowest BCUT2D eigenvalue weighted by molar-refractivity contribution is -0.190. The van der Waals surface area contributed by atoms with Gasteiger partial charge in [-0.1, -0.05) is 0 Å². The number of aliphatic hydroxyl groups is 3. The highest BCUT2D eigenvalue weighted by molar-refractivity contribution is 5.03. The third kappa shape index (κ3) is 4.67. The molecular formula is C14H21N3O4. The van der Waals surface area contributed by atoms with Crippen molar-refractivity contribution in [3.63, 3.8) is 0 Å². The standard InChI is InChI=1S/C14H21N3O4/c15-6-1-4-14(5-2-7-16,21-9-3-8-17)13(10-18,11-19)12-20/h18-20H,1-5,9-12H2. The van der Waals surface area contributed by atoms with Crippen LogP contribution >= 0.6 is 0 Å². The maximum absolute atomic E-state index is 9.64. The van der Waals surface area contributed by atoms with Gasteiger partial charge in [0.05, 0.1) is 62.1 Å². The molecule has 0 radical (unpaired) electrons. The van der Waals surface area contributed by atoms with Crippen molar-refractivity contribution in [2.45, 2.75) is 37.7 Å². The molecule has 0 fully saturated rings. The van der Waals surface area contributed by atoms with E-state index in [1.54, 1.807) is 0 Å². The van der Waals surface area contributed by atoms with Crippen LogP contribution in [0.15, 0.2) is 0 Å². The van der Waals surface area contributed by atoms with Crippen LogP contribution in [0.2, 0.25) is 0 Å². The summed E-state index contributed by atoms with van der Waals surface area (Å²) in [6.45, 7) is -1.62. The van der Waals surface area contributed by atoms with Crippen LogP contribution in [-0.4, -0.2) is 47.3 Å². The highest BCUT2D eigenvalue weighted by atomic mass is 16.5. The molecule has 0 aliphatic rings. The zero-order chi connectivity index (χ0) is 16.2. The molecule has 0 aromatic carbocycles. The minimum atomic E-state index is -1.38. The molecular weight excluding hydrogens is 274 g/mol. The third-order valence-corrected chi connectivity index (χ3v) is 3.75. The van der Waals surface area contributed by atoms with Crippen LogP contribution in [-0.2, 0) is 4.74 Å². The maximum Gasteiger partial charge on any atom is 0.0824 e. The number of rotatable bonds is 11. The van der Waals surface area contributed by atoms with Crippen LogP contribution < -0.4 is 0 Å². The quantitative estimate of drug-likeness (QED) is 0.463. The molecule has 0 saturated heterocycles. The van der Waals surface area contributed by atoms with Crippen LogP contribution in [0.1, 0.15) is 32.1 Å².